The molecule has 0 aliphatic heterocycles. The zero-order valence-corrected chi connectivity index (χ0v) is 12.5. The minimum atomic E-state index is -0.519. The lowest BCUT2D eigenvalue weighted by atomic mass is 10.1. The van der Waals surface area contributed by atoms with Crippen molar-refractivity contribution < 1.29 is 9.90 Å². The van der Waals surface area contributed by atoms with Crippen molar-refractivity contribution in [2.75, 3.05) is 6.54 Å². The van der Waals surface area contributed by atoms with Crippen molar-refractivity contribution >= 4 is 5.91 Å². The lowest BCUT2D eigenvalue weighted by molar-refractivity contribution is -0.120. The average Bonchev–Trinajstić information content (AvgIpc) is 2.53. The molecule has 1 rings (SSSR count). The maximum Gasteiger partial charge on any atom is 0.224 e. The molecule has 5 nitrogen and oxygen atoms in total. The van der Waals surface area contributed by atoms with Gasteiger partial charge in [0, 0.05) is 24.3 Å². The summed E-state index contributed by atoms with van der Waals surface area (Å²) >= 11 is 0. The molecule has 0 aromatic carbocycles. The van der Waals surface area contributed by atoms with Crippen LogP contribution >= 0.6 is 0 Å². The number of hydrogen-bond acceptors (Lipinski definition) is 3. The summed E-state index contributed by atoms with van der Waals surface area (Å²) in [6.07, 6.45) is -0.197. The SMILES string of the molecule is Cc1nn(CC(C)C)c(C)c1CC(=O)NCC(C)O. The first kappa shape index (κ1) is 15.7. The monoisotopic (exact) mass is 267 g/mol. The molecule has 2 N–H and O–H groups in total. The highest BCUT2D eigenvalue weighted by Gasteiger charge is 2.15. The van der Waals surface area contributed by atoms with E-state index >= 15 is 0 Å². The fraction of sp³-hybridized carbons (Fsp3) is 0.714. The molecule has 0 spiro atoms. The maximum absolute atomic E-state index is 11.8. The molecule has 0 radical (unpaired) electrons. The first-order chi connectivity index (χ1) is 8.81. The van der Waals surface area contributed by atoms with Crippen LogP contribution in [0.4, 0.5) is 0 Å². The van der Waals surface area contributed by atoms with Gasteiger partial charge >= 0.3 is 0 Å². The van der Waals surface area contributed by atoms with Crippen molar-refractivity contribution in [2.24, 2.45) is 5.92 Å². The molecule has 1 heterocycles. The molecular formula is C14H25N3O2. The van der Waals surface area contributed by atoms with Gasteiger partial charge in [-0.3, -0.25) is 9.48 Å². The first-order valence-corrected chi connectivity index (χ1v) is 6.78. The van der Waals surface area contributed by atoms with E-state index in [0.29, 0.717) is 12.3 Å². The van der Waals surface area contributed by atoms with Gasteiger partial charge in [0.2, 0.25) is 5.91 Å². The fourth-order valence-corrected chi connectivity index (χ4v) is 2.00. The number of hydrogen-bond donors (Lipinski definition) is 2. The van der Waals surface area contributed by atoms with Gasteiger partial charge in [-0.15, -0.1) is 0 Å². The van der Waals surface area contributed by atoms with Crippen molar-refractivity contribution in [2.45, 2.75) is 53.7 Å². The van der Waals surface area contributed by atoms with Crippen LogP contribution in [0.25, 0.3) is 0 Å². The van der Waals surface area contributed by atoms with E-state index in [0.717, 1.165) is 23.5 Å². The molecule has 0 saturated carbocycles. The molecule has 0 bridgehead atoms. The number of aromatic nitrogens is 2. The van der Waals surface area contributed by atoms with Crippen LogP contribution in [0.2, 0.25) is 0 Å². The number of aliphatic hydroxyl groups excluding tert-OH is 1. The van der Waals surface area contributed by atoms with E-state index < -0.39 is 6.10 Å². The number of aryl methyl sites for hydroxylation is 1. The Morgan fingerprint density at radius 1 is 1.37 bits per heavy atom. The summed E-state index contributed by atoms with van der Waals surface area (Å²) in [6.45, 7) is 11.0. The molecule has 1 unspecified atom stereocenters. The Morgan fingerprint density at radius 3 is 2.53 bits per heavy atom. The van der Waals surface area contributed by atoms with Gasteiger partial charge in [-0.2, -0.15) is 5.10 Å². The molecule has 108 valence electrons. The van der Waals surface area contributed by atoms with Crippen LogP contribution < -0.4 is 5.32 Å². The van der Waals surface area contributed by atoms with Crippen LogP contribution in [0, 0.1) is 19.8 Å². The average molecular weight is 267 g/mol. The molecule has 0 aliphatic rings. The van der Waals surface area contributed by atoms with Crippen LogP contribution in [0.3, 0.4) is 0 Å². The second-order valence-corrected chi connectivity index (χ2v) is 5.56. The number of nitrogens with zero attached hydrogens (tertiary/aromatic N) is 2. The molecule has 1 atom stereocenters. The molecule has 1 aromatic rings. The molecular weight excluding hydrogens is 242 g/mol. The molecule has 5 heteroatoms. The first-order valence-electron chi connectivity index (χ1n) is 6.78. The standard InChI is InChI=1S/C14H25N3O2/c1-9(2)8-17-12(5)13(11(4)16-17)6-14(19)15-7-10(3)18/h9-10,18H,6-8H2,1-5H3,(H,15,19). The van der Waals surface area contributed by atoms with Crippen molar-refractivity contribution in [3.05, 3.63) is 17.0 Å². The Kier molecular flexibility index (Phi) is 5.54. The predicted octanol–water partition coefficient (Wildman–Crippen LogP) is 1.20. The van der Waals surface area contributed by atoms with Gasteiger partial charge in [0.05, 0.1) is 18.2 Å². The smallest absolute Gasteiger partial charge is 0.224 e. The summed E-state index contributed by atoms with van der Waals surface area (Å²) in [5, 5.41) is 16.3. The number of aliphatic hydroxyl groups is 1. The Labute approximate surface area is 115 Å². The van der Waals surface area contributed by atoms with Gasteiger partial charge in [-0.05, 0) is 26.7 Å². The fourth-order valence-electron chi connectivity index (χ4n) is 2.00. The second kappa shape index (κ2) is 6.70. The van der Waals surface area contributed by atoms with Crippen molar-refractivity contribution in [3.63, 3.8) is 0 Å². The van der Waals surface area contributed by atoms with Crippen LogP contribution in [0.5, 0.6) is 0 Å². The minimum absolute atomic E-state index is 0.0730. The third-order valence-electron chi connectivity index (χ3n) is 3.00. The van der Waals surface area contributed by atoms with Crippen molar-refractivity contribution in [3.8, 4) is 0 Å². The quantitative estimate of drug-likeness (QED) is 0.813. The summed E-state index contributed by atoms with van der Waals surface area (Å²) in [5.41, 5.74) is 2.95. The summed E-state index contributed by atoms with van der Waals surface area (Å²) in [4.78, 5) is 11.8. The highest BCUT2D eigenvalue weighted by Crippen LogP contribution is 2.15. The summed E-state index contributed by atoms with van der Waals surface area (Å²) in [6, 6.07) is 0. The number of amides is 1. The summed E-state index contributed by atoms with van der Waals surface area (Å²) in [7, 11) is 0. The van der Waals surface area contributed by atoms with Crippen LogP contribution in [-0.4, -0.2) is 33.4 Å². The third kappa shape index (κ3) is 4.67. The van der Waals surface area contributed by atoms with E-state index in [1.165, 1.54) is 0 Å². The van der Waals surface area contributed by atoms with Gasteiger partial charge in [0.15, 0.2) is 0 Å². The Bertz CT molecular complexity index is 436. The van der Waals surface area contributed by atoms with Crippen LogP contribution in [-0.2, 0) is 17.8 Å². The minimum Gasteiger partial charge on any atom is -0.392 e. The Hall–Kier alpha value is -1.36. The number of carbonyl (C=O) groups is 1. The largest absolute Gasteiger partial charge is 0.392 e. The number of nitrogens with one attached hydrogen (secondary N) is 1. The van der Waals surface area contributed by atoms with Crippen molar-refractivity contribution in [1.29, 1.82) is 0 Å². The van der Waals surface area contributed by atoms with Crippen molar-refractivity contribution in [1.82, 2.24) is 15.1 Å². The molecule has 19 heavy (non-hydrogen) atoms. The van der Waals surface area contributed by atoms with E-state index in [2.05, 4.69) is 24.3 Å². The highest BCUT2D eigenvalue weighted by atomic mass is 16.3. The van der Waals surface area contributed by atoms with E-state index in [4.69, 9.17) is 5.11 Å². The normalized spacial score (nSPS) is 12.8. The predicted molar refractivity (Wildman–Crippen MR) is 74.9 cm³/mol. The van der Waals surface area contributed by atoms with Gasteiger partial charge in [-0.1, -0.05) is 13.8 Å². The van der Waals surface area contributed by atoms with Crippen LogP contribution in [0.1, 0.15) is 37.7 Å². The van der Waals surface area contributed by atoms with E-state index in [9.17, 15) is 4.79 Å². The maximum atomic E-state index is 11.8. The molecule has 0 fully saturated rings. The Morgan fingerprint density at radius 2 is 2.00 bits per heavy atom. The molecule has 0 saturated heterocycles. The van der Waals surface area contributed by atoms with Crippen LogP contribution in [0.15, 0.2) is 0 Å². The molecule has 0 aliphatic carbocycles. The van der Waals surface area contributed by atoms with Gasteiger partial charge in [0.1, 0.15) is 0 Å². The third-order valence-corrected chi connectivity index (χ3v) is 3.00. The van der Waals surface area contributed by atoms with Gasteiger partial charge in [-0.25, -0.2) is 0 Å². The second-order valence-electron chi connectivity index (χ2n) is 5.56. The molecule has 1 aromatic heterocycles. The van der Waals surface area contributed by atoms with E-state index in [1.807, 2.05) is 18.5 Å². The topological polar surface area (TPSA) is 67.2 Å². The van der Waals surface area contributed by atoms with E-state index in [1.54, 1.807) is 6.92 Å². The highest BCUT2D eigenvalue weighted by molar-refractivity contribution is 5.79. The van der Waals surface area contributed by atoms with Gasteiger partial charge < -0.3 is 10.4 Å². The summed E-state index contributed by atoms with van der Waals surface area (Å²) < 4.78 is 1.97. The van der Waals surface area contributed by atoms with E-state index in [-0.39, 0.29) is 12.5 Å². The number of carbonyl (C=O) groups excluding carboxylic acids is 1. The molecule has 1 amide bonds. The lowest BCUT2D eigenvalue weighted by Crippen LogP contribution is -2.31. The summed E-state index contributed by atoms with van der Waals surface area (Å²) in [5.74, 6) is 0.450. The zero-order chi connectivity index (χ0) is 14.6. The van der Waals surface area contributed by atoms with Gasteiger partial charge in [0.25, 0.3) is 0 Å². The zero-order valence-electron chi connectivity index (χ0n) is 12.5. The lowest BCUT2D eigenvalue weighted by Gasteiger charge is -2.09. The Balaban J connectivity index is 2.73. The number of rotatable bonds is 6.